The van der Waals surface area contributed by atoms with Crippen LogP contribution in [0.3, 0.4) is 0 Å². The smallest absolute Gasteiger partial charge is 0.372 e. The Hall–Kier alpha value is -0.310. The van der Waals surface area contributed by atoms with Gasteiger partial charge in [0.1, 0.15) is 5.69 Å². The molecule has 0 amide bonds. The van der Waals surface area contributed by atoms with E-state index in [2.05, 4.69) is 27.7 Å². The molecule has 1 aromatic rings. The minimum atomic E-state index is -4.15. The molecule has 0 bridgehead atoms. The zero-order chi connectivity index (χ0) is 13.8. The van der Waals surface area contributed by atoms with E-state index in [-0.39, 0.29) is 12.6 Å². The summed E-state index contributed by atoms with van der Waals surface area (Å²) in [6, 6.07) is 0. The number of hydrogen-bond acceptors (Lipinski definition) is 2. The summed E-state index contributed by atoms with van der Waals surface area (Å²) in [6.45, 7) is 4.15. The molecule has 18 heavy (non-hydrogen) atoms. The number of aromatic nitrogens is 2. The largest absolute Gasteiger partial charge is 0.390 e. The second-order valence-corrected chi connectivity index (χ2v) is 5.24. The highest BCUT2D eigenvalue weighted by atomic mass is 127. The minimum Gasteiger partial charge on any atom is -0.372 e. The lowest BCUT2D eigenvalue weighted by atomic mass is 10.3. The zero-order valence-electron chi connectivity index (χ0n) is 10.3. The van der Waals surface area contributed by atoms with Gasteiger partial charge < -0.3 is 4.74 Å². The molecular weight excluding hydrogens is 360 g/mol. The quantitative estimate of drug-likeness (QED) is 0.708. The van der Waals surface area contributed by atoms with Crippen molar-refractivity contribution in [3.8, 4) is 0 Å². The highest BCUT2D eigenvalue weighted by Gasteiger charge is 2.27. The molecule has 1 aromatic heterocycles. The average Bonchev–Trinajstić information content (AvgIpc) is 2.63. The van der Waals surface area contributed by atoms with Gasteiger partial charge in [-0.05, 0) is 35.9 Å². The summed E-state index contributed by atoms with van der Waals surface area (Å²) in [5, 5.41) is 4.10. The second kappa shape index (κ2) is 6.74. The van der Waals surface area contributed by atoms with E-state index in [4.69, 9.17) is 4.74 Å². The fraction of sp³-hybridized carbons (Fsp3) is 0.727. The van der Waals surface area contributed by atoms with Crippen LogP contribution in [-0.4, -0.2) is 22.1 Å². The maximum atomic E-state index is 12.1. The van der Waals surface area contributed by atoms with Gasteiger partial charge in [-0.15, -0.1) is 0 Å². The molecule has 0 fully saturated rings. The van der Waals surface area contributed by atoms with Crippen LogP contribution in [0.15, 0.2) is 6.20 Å². The molecule has 0 saturated heterocycles. The van der Waals surface area contributed by atoms with E-state index in [1.54, 1.807) is 6.20 Å². The number of rotatable bonds is 6. The van der Waals surface area contributed by atoms with Crippen molar-refractivity contribution in [1.82, 2.24) is 9.78 Å². The number of nitrogens with zero attached hydrogens (tertiary/aromatic N) is 2. The molecule has 104 valence electrons. The first-order chi connectivity index (χ1) is 8.31. The van der Waals surface area contributed by atoms with Crippen molar-refractivity contribution in [3.63, 3.8) is 0 Å². The van der Waals surface area contributed by atoms with E-state index in [0.717, 1.165) is 9.99 Å². The van der Waals surface area contributed by atoms with Crippen LogP contribution < -0.4 is 0 Å². The Kier molecular flexibility index (Phi) is 5.90. The van der Waals surface area contributed by atoms with Gasteiger partial charge in [-0.3, -0.25) is 4.68 Å². The van der Waals surface area contributed by atoms with E-state index >= 15 is 0 Å². The highest BCUT2D eigenvalue weighted by Crippen LogP contribution is 2.21. The number of ether oxygens (including phenoxy) is 1. The van der Waals surface area contributed by atoms with E-state index in [1.807, 2.05) is 13.8 Å². The van der Waals surface area contributed by atoms with E-state index < -0.39 is 12.6 Å². The van der Waals surface area contributed by atoms with E-state index in [0.29, 0.717) is 12.3 Å². The lowest BCUT2D eigenvalue weighted by molar-refractivity contribution is -0.137. The molecule has 3 nitrogen and oxygen atoms in total. The maximum absolute atomic E-state index is 12.1. The number of alkyl halides is 3. The van der Waals surface area contributed by atoms with Crippen LogP contribution >= 0.6 is 22.6 Å². The van der Waals surface area contributed by atoms with E-state index in [1.165, 1.54) is 4.68 Å². The summed E-state index contributed by atoms with van der Waals surface area (Å²) in [4.78, 5) is 0. The maximum Gasteiger partial charge on any atom is 0.390 e. The fourth-order valence-corrected chi connectivity index (χ4v) is 1.81. The molecule has 7 heteroatoms. The third kappa shape index (κ3) is 5.55. The summed E-state index contributed by atoms with van der Waals surface area (Å²) in [6.07, 6.45) is -2.38. The number of hydrogen-bond donors (Lipinski definition) is 0. The molecule has 0 aliphatic rings. The Balaban J connectivity index is 2.53. The molecule has 0 unspecified atom stereocenters. The zero-order valence-corrected chi connectivity index (χ0v) is 12.5. The Bertz CT molecular complexity index is 379. The molecule has 0 aliphatic carbocycles. The Morgan fingerprint density at radius 2 is 2.17 bits per heavy atom. The standard InChI is InChI=1S/C11H16F3IN2O/c1-3-8(2)18-7-10-9(15)6-17(16-10)5-4-11(12,13)14/h6,8H,3-5,7H2,1-2H3/t8-/m1/s1. The predicted molar refractivity (Wildman–Crippen MR) is 70.2 cm³/mol. The molecule has 0 radical (unpaired) electrons. The predicted octanol–water partition coefficient (Wildman–Crippen LogP) is 3.76. The SMILES string of the molecule is CC[C@@H](C)OCc1nn(CCC(F)(F)F)cc1I. The summed E-state index contributed by atoms with van der Waals surface area (Å²) in [5.41, 5.74) is 0.693. The van der Waals surface area contributed by atoms with Crippen LogP contribution in [0, 0.1) is 3.57 Å². The number of aryl methyl sites for hydroxylation is 1. The third-order valence-corrected chi connectivity index (χ3v) is 3.39. The topological polar surface area (TPSA) is 27.1 Å². The monoisotopic (exact) mass is 376 g/mol. The molecule has 1 heterocycles. The molecule has 0 N–H and O–H groups in total. The van der Waals surface area contributed by atoms with E-state index in [9.17, 15) is 13.2 Å². The van der Waals surface area contributed by atoms with Gasteiger partial charge in [0, 0.05) is 12.7 Å². The lowest BCUT2D eigenvalue weighted by Crippen LogP contribution is -2.13. The van der Waals surface area contributed by atoms with Crippen LogP contribution in [0.5, 0.6) is 0 Å². The fourth-order valence-electron chi connectivity index (χ4n) is 1.23. The van der Waals surface area contributed by atoms with Crippen LogP contribution in [0.1, 0.15) is 32.4 Å². The van der Waals surface area contributed by atoms with Gasteiger partial charge in [0.05, 0.1) is 22.7 Å². The second-order valence-electron chi connectivity index (χ2n) is 4.08. The van der Waals surface area contributed by atoms with Crippen LogP contribution in [0.4, 0.5) is 13.2 Å². The summed E-state index contributed by atoms with van der Waals surface area (Å²) < 4.78 is 43.9. The van der Waals surface area contributed by atoms with Gasteiger partial charge >= 0.3 is 6.18 Å². The van der Waals surface area contributed by atoms with Gasteiger partial charge in [-0.2, -0.15) is 18.3 Å². The van der Waals surface area contributed by atoms with Gasteiger partial charge in [0.15, 0.2) is 0 Å². The van der Waals surface area contributed by atoms with Crippen molar-refractivity contribution in [2.45, 2.75) is 52.1 Å². The molecule has 0 saturated carbocycles. The molecule has 0 spiro atoms. The van der Waals surface area contributed by atoms with Crippen LogP contribution in [0.25, 0.3) is 0 Å². The van der Waals surface area contributed by atoms with Crippen molar-refractivity contribution in [2.75, 3.05) is 0 Å². The van der Waals surface area contributed by atoms with Gasteiger partial charge in [-0.25, -0.2) is 0 Å². The van der Waals surface area contributed by atoms with Crippen molar-refractivity contribution in [1.29, 1.82) is 0 Å². The van der Waals surface area contributed by atoms with Crippen molar-refractivity contribution in [3.05, 3.63) is 15.5 Å². The molecular formula is C11H16F3IN2O. The normalized spacial score (nSPS) is 13.9. The van der Waals surface area contributed by atoms with Crippen molar-refractivity contribution in [2.24, 2.45) is 0 Å². The van der Waals surface area contributed by atoms with Gasteiger partial charge in [0.25, 0.3) is 0 Å². The minimum absolute atomic E-state index is 0.126. The molecule has 1 rings (SSSR count). The Labute approximate surface area is 118 Å². The summed E-state index contributed by atoms with van der Waals surface area (Å²) in [5.74, 6) is 0. The molecule has 0 aromatic carbocycles. The van der Waals surface area contributed by atoms with Crippen molar-refractivity contribution < 1.29 is 17.9 Å². The lowest BCUT2D eigenvalue weighted by Gasteiger charge is -2.09. The Morgan fingerprint density at radius 1 is 1.50 bits per heavy atom. The Morgan fingerprint density at radius 3 is 2.72 bits per heavy atom. The first-order valence-electron chi connectivity index (χ1n) is 5.72. The first kappa shape index (κ1) is 15.7. The third-order valence-electron chi connectivity index (χ3n) is 2.49. The van der Waals surface area contributed by atoms with Crippen LogP contribution in [-0.2, 0) is 17.9 Å². The van der Waals surface area contributed by atoms with Crippen LogP contribution in [0.2, 0.25) is 0 Å². The number of halogens is 4. The van der Waals surface area contributed by atoms with Gasteiger partial charge in [0.2, 0.25) is 0 Å². The van der Waals surface area contributed by atoms with Crippen molar-refractivity contribution >= 4 is 22.6 Å². The van der Waals surface area contributed by atoms with Gasteiger partial charge in [-0.1, -0.05) is 6.92 Å². The average molecular weight is 376 g/mol. The molecule has 0 aliphatic heterocycles. The highest BCUT2D eigenvalue weighted by molar-refractivity contribution is 14.1. The summed E-state index contributed by atoms with van der Waals surface area (Å²) >= 11 is 2.06. The molecule has 1 atom stereocenters. The summed E-state index contributed by atoms with van der Waals surface area (Å²) in [7, 11) is 0. The first-order valence-corrected chi connectivity index (χ1v) is 6.80.